The number of hydrogen-bond acceptors (Lipinski definition) is 6. The first-order valence-corrected chi connectivity index (χ1v) is 10.1. The molecule has 0 radical (unpaired) electrons. The number of pyridine rings is 1. The van der Waals surface area contributed by atoms with E-state index in [2.05, 4.69) is 20.8 Å². The van der Waals surface area contributed by atoms with Gasteiger partial charge in [0.05, 0.1) is 18.4 Å². The smallest absolute Gasteiger partial charge is 0.329 e. The van der Waals surface area contributed by atoms with Crippen molar-refractivity contribution in [1.29, 1.82) is 0 Å². The highest BCUT2D eigenvalue weighted by atomic mass is 32.2. The number of nitrogens with zero attached hydrogens (tertiary/aromatic N) is 2. The lowest BCUT2D eigenvalue weighted by molar-refractivity contribution is -0.136. The van der Waals surface area contributed by atoms with E-state index in [1.54, 1.807) is 37.2 Å². The summed E-state index contributed by atoms with van der Waals surface area (Å²) in [6.45, 7) is 0. The Balaban J connectivity index is 1.58. The van der Waals surface area contributed by atoms with Gasteiger partial charge in [0.15, 0.2) is 0 Å². The highest BCUT2D eigenvalue weighted by Crippen LogP contribution is 2.27. The molecule has 0 bridgehead atoms. The SMILES string of the molecule is COc1ccc(C=NNC(=O)C(=O)Nc2ccc(F)cc2)cc1CSc1ccccn1. The molecule has 158 valence electrons. The molecule has 2 amide bonds. The van der Waals surface area contributed by atoms with Crippen LogP contribution in [0, 0.1) is 5.82 Å². The molecule has 0 atom stereocenters. The van der Waals surface area contributed by atoms with Gasteiger partial charge >= 0.3 is 11.8 Å². The van der Waals surface area contributed by atoms with Gasteiger partial charge < -0.3 is 10.1 Å². The third kappa shape index (κ3) is 6.65. The molecule has 0 aliphatic rings. The fourth-order valence-corrected chi connectivity index (χ4v) is 3.35. The number of amides is 2. The van der Waals surface area contributed by atoms with Crippen molar-refractivity contribution in [3.63, 3.8) is 0 Å². The molecule has 3 rings (SSSR count). The Labute approximate surface area is 182 Å². The zero-order valence-electron chi connectivity index (χ0n) is 16.5. The van der Waals surface area contributed by atoms with Crippen molar-refractivity contribution in [1.82, 2.24) is 10.4 Å². The Kier molecular flexibility index (Phi) is 7.72. The van der Waals surface area contributed by atoms with Crippen LogP contribution in [0.5, 0.6) is 5.75 Å². The van der Waals surface area contributed by atoms with Crippen molar-refractivity contribution >= 4 is 35.5 Å². The number of ether oxygens (including phenoxy) is 1. The largest absolute Gasteiger partial charge is 0.496 e. The van der Waals surface area contributed by atoms with E-state index in [1.165, 1.54) is 30.5 Å². The third-order valence-electron chi connectivity index (χ3n) is 4.01. The van der Waals surface area contributed by atoms with Crippen molar-refractivity contribution in [2.45, 2.75) is 10.8 Å². The molecule has 2 aromatic carbocycles. The summed E-state index contributed by atoms with van der Waals surface area (Å²) in [7, 11) is 1.60. The van der Waals surface area contributed by atoms with Crippen LogP contribution < -0.4 is 15.5 Å². The zero-order chi connectivity index (χ0) is 22.1. The van der Waals surface area contributed by atoms with E-state index >= 15 is 0 Å². The fraction of sp³-hybridized carbons (Fsp3) is 0.0909. The van der Waals surface area contributed by atoms with Gasteiger partial charge in [-0.1, -0.05) is 6.07 Å². The molecule has 9 heteroatoms. The van der Waals surface area contributed by atoms with Gasteiger partial charge in [-0.2, -0.15) is 5.10 Å². The number of aromatic nitrogens is 1. The van der Waals surface area contributed by atoms with Gasteiger partial charge in [-0.05, 0) is 60.2 Å². The number of rotatable bonds is 7. The summed E-state index contributed by atoms with van der Waals surface area (Å²) in [6.07, 6.45) is 3.16. The highest BCUT2D eigenvalue weighted by molar-refractivity contribution is 7.98. The van der Waals surface area contributed by atoms with Gasteiger partial charge in [0.25, 0.3) is 0 Å². The number of nitrogens with one attached hydrogen (secondary N) is 2. The lowest BCUT2D eigenvalue weighted by Gasteiger charge is -2.09. The van der Waals surface area contributed by atoms with E-state index < -0.39 is 17.6 Å². The number of carbonyl (C=O) groups is 2. The average molecular weight is 438 g/mol. The van der Waals surface area contributed by atoms with Crippen LogP contribution >= 0.6 is 11.8 Å². The van der Waals surface area contributed by atoms with Gasteiger partial charge in [0, 0.05) is 23.2 Å². The van der Waals surface area contributed by atoms with Crippen LogP contribution in [0.4, 0.5) is 10.1 Å². The summed E-state index contributed by atoms with van der Waals surface area (Å²) in [4.78, 5) is 28.1. The molecule has 0 saturated heterocycles. The van der Waals surface area contributed by atoms with Crippen LogP contribution in [0.1, 0.15) is 11.1 Å². The number of carbonyl (C=O) groups excluding carboxylic acids is 2. The lowest BCUT2D eigenvalue weighted by Crippen LogP contribution is -2.32. The maximum Gasteiger partial charge on any atom is 0.329 e. The monoisotopic (exact) mass is 438 g/mol. The molecule has 0 fully saturated rings. The van der Waals surface area contributed by atoms with E-state index in [9.17, 15) is 14.0 Å². The number of hydrazone groups is 1. The molecule has 2 N–H and O–H groups in total. The van der Waals surface area contributed by atoms with Crippen LogP contribution in [0.25, 0.3) is 0 Å². The number of halogens is 1. The first kappa shape index (κ1) is 22.0. The summed E-state index contributed by atoms with van der Waals surface area (Å²) in [6, 6.07) is 16.2. The predicted octanol–water partition coefficient (Wildman–Crippen LogP) is 3.61. The molecule has 0 spiro atoms. The lowest BCUT2D eigenvalue weighted by atomic mass is 10.1. The second-order valence-corrected chi connectivity index (χ2v) is 7.18. The maximum atomic E-state index is 12.9. The second kappa shape index (κ2) is 10.9. The van der Waals surface area contributed by atoms with Gasteiger partial charge in [-0.25, -0.2) is 14.8 Å². The Morgan fingerprint density at radius 1 is 1.13 bits per heavy atom. The van der Waals surface area contributed by atoms with Gasteiger partial charge in [-0.3, -0.25) is 9.59 Å². The topological polar surface area (TPSA) is 92.7 Å². The van der Waals surface area contributed by atoms with E-state index in [-0.39, 0.29) is 0 Å². The Morgan fingerprint density at radius 3 is 2.65 bits per heavy atom. The van der Waals surface area contributed by atoms with E-state index in [1.807, 2.05) is 24.3 Å². The minimum Gasteiger partial charge on any atom is -0.496 e. The molecule has 1 heterocycles. The second-order valence-electron chi connectivity index (χ2n) is 6.19. The van der Waals surface area contributed by atoms with Crippen LogP contribution in [0.2, 0.25) is 0 Å². The standard InChI is InChI=1S/C22H19FN4O3S/c1-30-19-10-5-15(12-16(19)14-31-20-4-2-3-11-24-20)13-25-27-22(29)21(28)26-18-8-6-17(23)7-9-18/h2-13H,14H2,1H3,(H,26,28)(H,27,29). The van der Waals surface area contributed by atoms with Crippen molar-refractivity contribution in [3.05, 3.63) is 83.8 Å². The van der Waals surface area contributed by atoms with Gasteiger partial charge in [0.1, 0.15) is 11.6 Å². The average Bonchev–Trinajstić information content (AvgIpc) is 2.80. The van der Waals surface area contributed by atoms with E-state index in [0.717, 1.165) is 21.9 Å². The normalized spacial score (nSPS) is 10.6. The van der Waals surface area contributed by atoms with Crippen molar-refractivity contribution in [2.75, 3.05) is 12.4 Å². The van der Waals surface area contributed by atoms with Gasteiger partial charge in [-0.15, -0.1) is 11.8 Å². The molecule has 0 aliphatic carbocycles. The molecule has 31 heavy (non-hydrogen) atoms. The van der Waals surface area contributed by atoms with Crippen LogP contribution in [0.15, 0.2) is 77.0 Å². The molecule has 0 saturated carbocycles. The quantitative estimate of drug-likeness (QED) is 0.254. The maximum absolute atomic E-state index is 12.9. The van der Waals surface area contributed by atoms with E-state index in [4.69, 9.17) is 4.74 Å². The highest BCUT2D eigenvalue weighted by Gasteiger charge is 2.13. The molecule has 1 aromatic heterocycles. The number of anilines is 1. The zero-order valence-corrected chi connectivity index (χ0v) is 17.4. The van der Waals surface area contributed by atoms with Crippen LogP contribution in [-0.2, 0) is 15.3 Å². The molecular weight excluding hydrogens is 419 g/mol. The predicted molar refractivity (Wildman–Crippen MR) is 118 cm³/mol. The van der Waals surface area contributed by atoms with Crippen LogP contribution in [0.3, 0.4) is 0 Å². The Morgan fingerprint density at radius 2 is 1.94 bits per heavy atom. The molecule has 7 nitrogen and oxygen atoms in total. The first-order chi connectivity index (χ1) is 15.0. The Bertz CT molecular complexity index is 1080. The third-order valence-corrected chi connectivity index (χ3v) is 5.00. The molecule has 0 aliphatic heterocycles. The summed E-state index contributed by atoms with van der Waals surface area (Å²) < 4.78 is 18.3. The fourth-order valence-electron chi connectivity index (χ4n) is 2.51. The van der Waals surface area contributed by atoms with Gasteiger partial charge in [0.2, 0.25) is 0 Å². The molecular formula is C22H19FN4O3S. The molecule has 0 unspecified atom stereocenters. The number of hydrogen-bond donors (Lipinski definition) is 2. The number of methoxy groups -OCH3 is 1. The van der Waals surface area contributed by atoms with E-state index in [0.29, 0.717) is 11.4 Å². The first-order valence-electron chi connectivity index (χ1n) is 9.16. The van der Waals surface area contributed by atoms with Crippen LogP contribution in [-0.4, -0.2) is 30.1 Å². The summed E-state index contributed by atoms with van der Waals surface area (Å²) in [5.74, 6) is -0.938. The van der Waals surface area contributed by atoms with Crippen molar-refractivity contribution < 1.29 is 18.7 Å². The summed E-state index contributed by atoms with van der Waals surface area (Å²) in [5.41, 5.74) is 4.12. The van der Waals surface area contributed by atoms with Crippen molar-refractivity contribution in [2.24, 2.45) is 5.10 Å². The minimum absolute atomic E-state index is 0.302. The van der Waals surface area contributed by atoms with Crippen molar-refractivity contribution in [3.8, 4) is 5.75 Å². The minimum atomic E-state index is -0.944. The number of thioether (sulfide) groups is 1. The number of benzene rings is 2. The summed E-state index contributed by atoms with van der Waals surface area (Å²) >= 11 is 1.56. The Hall–Kier alpha value is -3.72. The summed E-state index contributed by atoms with van der Waals surface area (Å²) in [5, 5.41) is 7.08. The molecule has 3 aromatic rings.